The summed E-state index contributed by atoms with van der Waals surface area (Å²) in [7, 11) is 1.21. The van der Waals surface area contributed by atoms with Crippen LogP contribution in [0, 0.1) is 0 Å². The first-order valence-electron chi connectivity index (χ1n) is 8.32. The molecule has 6 heteroatoms. The van der Waals surface area contributed by atoms with E-state index in [1.54, 1.807) is 12.1 Å². The van der Waals surface area contributed by atoms with Gasteiger partial charge in [-0.2, -0.15) is 0 Å². The molecule has 1 unspecified atom stereocenters. The Bertz CT molecular complexity index is 997. The van der Waals surface area contributed by atoms with Crippen LogP contribution >= 0.6 is 15.9 Å². The van der Waals surface area contributed by atoms with Crippen LogP contribution in [0.1, 0.15) is 10.4 Å². The van der Waals surface area contributed by atoms with Crippen molar-refractivity contribution in [2.45, 2.75) is 6.04 Å². The van der Waals surface area contributed by atoms with Crippen LogP contribution in [0.4, 0.5) is 0 Å². The highest BCUT2D eigenvalue weighted by atomic mass is 79.9. The fraction of sp³-hybridized carbons (Fsp3) is 0.143. The van der Waals surface area contributed by atoms with Crippen molar-refractivity contribution in [2.24, 2.45) is 0 Å². The lowest BCUT2D eigenvalue weighted by Gasteiger charge is -2.17. The minimum atomic E-state index is -1.12. The second-order valence-electron chi connectivity index (χ2n) is 5.95. The summed E-state index contributed by atoms with van der Waals surface area (Å²) in [6.07, 6.45) is 0. The van der Waals surface area contributed by atoms with Crippen LogP contribution in [-0.4, -0.2) is 36.7 Å². The van der Waals surface area contributed by atoms with Crippen LogP contribution < -0.4 is 5.32 Å². The van der Waals surface area contributed by atoms with Crippen molar-refractivity contribution in [2.75, 3.05) is 13.7 Å². The van der Waals surface area contributed by atoms with Crippen LogP contribution in [-0.2, 0) is 9.53 Å². The fourth-order valence-electron chi connectivity index (χ4n) is 2.95. The van der Waals surface area contributed by atoms with Gasteiger partial charge in [-0.15, -0.1) is 0 Å². The molecule has 0 spiro atoms. The van der Waals surface area contributed by atoms with Gasteiger partial charge in [-0.1, -0.05) is 58.4 Å². The zero-order chi connectivity index (χ0) is 19.4. The van der Waals surface area contributed by atoms with Crippen LogP contribution in [0.2, 0.25) is 0 Å². The standard InChI is InChI=1S/C21H18BrNO4/c1-27-21(26)19(12-24)23-20(25)17-10-9-14(22)11-18(17)16-8-4-6-13-5-2-3-7-15(13)16/h2-11,19,24H,12H2,1H3,(H,23,25). The van der Waals surface area contributed by atoms with Crippen molar-refractivity contribution in [3.05, 3.63) is 70.7 Å². The van der Waals surface area contributed by atoms with Crippen LogP contribution in [0.5, 0.6) is 0 Å². The molecular formula is C21H18BrNO4. The second-order valence-corrected chi connectivity index (χ2v) is 6.86. The van der Waals surface area contributed by atoms with Gasteiger partial charge >= 0.3 is 5.97 Å². The first kappa shape index (κ1) is 19.1. The number of esters is 1. The van der Waals surface area contributed by atoms with Crippen molar-refractivity contribution >= 4 is 38.6 Å². The molecule has 0 aromatic heterocycles. The quantitative estimate of drug-likeness (QED) is 0.610. The van der Waals surface area contributed by atoms with Gasteiger partial charge in [-0.3, -0.25) is 4.79 Å². The van der Waals surface area contributed by atoms with E-state index in [9.17, 15) is 14.7 Å². The molecule has 0 bridgehead atoms. The molecule has 0 aliphatic carbocycles. The topological polar surface area (TPSA) is 75.6 Å². The molecule has 5 nitrogen and oxygen atoms in total. The van der Waals surface area contributed by atoms with Gasteiger partial charge in [-0.25, -0.2) is 4.79 Å². The monoisotopic (exact) mass is 427 g/mol. The number of carbonyl (C=O) groups excluding carboxylic acids is 2. The Kier molecular flexibility index (Phi) is 5.88. The molecule has 2 N–H and O–H groups in total. The third-order valence-corrected chi connectivity index (χ3v) is 4.77. The van der Waals surface area contributed by atoms with E-state index in [-0.39, 0.29) is 0 Å². The van der Waals surface area contributed by atoms with E-state index in [4.69, 9.17) is 0 Å². The summed E-state index contributed by atoms with van der Waals surface area (Å²) in [5.41, 5.74) is 2.02. The minimum absolute atomic E-state index is 0.400. The lowest BCUT2D eigenvalue weighted by Crippen LogP contribution is -2.44. The van der Waals surface area contributed by atoms with E-state index in [1.165, 1.54) is 7.11 Å². The lowest BCUT2D eigenvalue weighted by atomic mass is 9.94. The number of amides is 1. The largest absolute Gasteiger partial charge is 0.467 e. The third-order valence-electron chi connectivity index (χ3n) is 4.28. The molecule has 1 atom stereocenters. The Morgan fingerprint density at radius 2 is 1.81 bits per heavy atom. The van der Waals surface area contributed by atoms with E-state index in [0.29, 0.717) is 5.56 Å². The number of hydrogen-bond donors (Lipinski definition) is 2. The summed E-state index contributed by atoms with van der Waals surface area (Å²) in [4.78, 5) is 24.5. The van der Waals surface area contributed by atoms with Gasteiger partial charge in [0.1, 0.15) is 0 Å². The minimum Gasteiger partial charge on any atom is -0.467 e. The van der Waals surface area contributed by atoms with E-state index >= 15 is 0 Å². The summed E-state index contributed by atoms with van der Waals surface area (Å²) in [5.74, 6) is -1.16. The Morgan fingerprint density at radius 1 is 1.07 bits per heavy atom. The van der Waals surface area contributed by atoms with Crippen LogP contribution in [0.3, 0.4) is 0 Å². The molecule has 3 rings (SSSR count). The number of methoxy groups -OCH3 is 1. The number of halogens is 1. The summed E-state index contributed by atoms with van der Waals surface area (Å²) in [5, 5.41) is 14.0. The van der Waals surface area contributed by atoms with Crippen LogP contribution in [0.15, 0.2) is 65.1 Å². The predicted molar refractivity (Wildman–Crippen MR) is 107 cm³/mol. The average molecular weight is 428 g/mol. The van der Waals surface area contributed by atoms with Crippen molar-refractivity contribution in [3.63, 3.8) is 0 Å². The lowest BCUT2D eigenvalue weighted by molar-refractivity contribution is -0.143. The van der Waals surface area contributed by atoms with Crippen molar-refractivity contribution in [3.8, 4) is 11.1 Å². The second kappa shape index (κ2) is 8.33. The molecule has 0 aliphatic rings. The number of nitrogens with one attached hydrogen (secondary N) is 1. The Hall–Kier alpha value is -2.70. The molecule has 0 radical (unpaired) electrons. The molecule has 0 heterocycles. The number of hydrogen-bond acceptors (Lipinski definition) is 4. The molecule has 27 heavy (non-hydrogen) atoms. The number of ether oxygens (including phenoxy) is 1. The number of carbonyl (C=O) groups is 2. The SMILES string of the molecule is COC(=O)C(CO)NC(=O)c1ccc(Br)cc1-c1cccc2ccccc12. The number of aliphatic hydroxyl groups is 1. The molecule has 0 saturated heterocycles. The molecule has 0 saturated carbocycles. The normalized spacial score (nSPS) is 11.8. The van der Waals surface area contributed by atoms with Gasteiger partial charge < -0.3 is 15.2 Å². The Morgan fingerprint density at radius 3 is 2.56 bits per heavy atom. The van der Waals surface area contributed by atoms with Crippen LogP contribution in [0.25, 0.3) is 21.9 Å². The zero-order valence-corrected chi connectivity index (χ0v) is 16.2. The zero-order valence-electron chi connectivity index (χ0n) is 14.6. The Labute approximate surface area is 165 Å². The summed E-state index contributed by atoms with van der Waals surface area (Å²) in [6.45, 7) is -0.543. The first-order chi connectivity index (χ1) is 13.0. The maximum atomic E-state index is 12.8. The van der Waals surface area contributed by atoms with Crippen molar-refractivity contribution in [1.82, 2.24) is 5.32 Å². The molecule has 0 aliphatic heterocycles. The molecule has 0 fully saturated rings. The predicted octanol–water partition coefficient (Wildman–Crippen LogP) is 3.53. The van der Waals surface area contributed by atoms with Gasteiger partial charge in [-0.05, 0) is 40.1 Å². The molecular weight excluding hydrogens is 410 g/mol. The number of fused-ring (bicyclic) bond motifs is 1. The first-order valence-corrected chi connectivity index (χ1v) is 9.11. The average Bonchev–Trinajstić information content (AvgIpc) is 2.70. The third kappa shape index (κ3) is 4.02. The molecule has 3 aromatic carbocycles. The maximum absolute atomic E-state index is 12.8. The van der Waals surface area contributed by atoms with Gasteiger partial charge in [0.15, 0.2) is 6.04 Å². The summed E-state index contributed by atoms with van der Waals surface area (Å²) < 4.78 is 5.44. The summed E-state index contributed by atoms with van der Waals surface area (Å²) >= 11 is 3.46. The molecule has 1 amide bonds. The molecule has 3 aromatic rings. The fourth-order valence-corrected chi connectivity index (χ4v) is 3.32. The van der Waals surface area contributed by atoms with Gasteiger partial charge in [0.05, 0.1) is 13.7 Å². The van der Waals surface area contributed by atoms with E-state index in [0.717, 1.165) is 26.4 Å². The highest BCUT2D eigenvalue weighted by Crippen LogP contribution is 2.33. The number of rotatable bonds is 5. The summed E-state index contributed by atoms with van der Waals surface area (Å²) in [6, 6.07) is 18.0. The van der Waals surface area contributed by atoms with E-state index in [2.05, 4.69) is 26.0 Å². The number of aliphatic hydroxyl groups excluding tert-OH is 1. The highest BCUT2D eigenvalue weighted by Gasteiger charge is 2.23. The van der Waals surface area contributed by atoms with Crippen molar-refractivity contribution < 1.29 is 19.4 Å². The smallest absolute Gasteiger partial charge is 0.330 e. The van der Waals surface area contributed by atoms with Gasteiger partial charge in [0.2, 0.25) is 0 Å². The maximum Gasteiger partial charge on any atom is 0.330 e. The van der Waals surface area contributed by atoms with E-state index in [1.807, 2.05) is 48.5 Å². The number of benzene rings is 3. The van der Waals surface area contributed by atoms with Gasteiger partial charge in [0, 0.05) is 10.0 Å². The highest BCUT2D eigenvalue weighted by molar-refractivity contribution is 9.10. The van der Waals surface area contributed by atoms with E-state index < -0.39 is 24.5 Å². The Balaban J connectivity index is 2.08. The molecule has 138 valence electrons. The van der Waals surface area contributed by atoms with Gasteiger partial charge in [0.25, 0.3) is 5.91 Å². The van der Waals surface area contributed by atoms with Crippen molar-refractivity contribution in [1.29, 1.82) is 0 Å².